The second-order valence-corrected chi connectivity index (χ2v) is 8.43. The summed E-state index contributed by atoms with van der Waals surface area (Å²) in [5, 5.41) is 13.1. The highest BCUT2D eigenvalue weighted by molar-refractivity contribution is 6.34. The fourth-order valence-electron chi connectivity index (χ4n) is 4.70. The number of fused-ring (bicyclic) bond motifs is 4. The number of aromatic nitrogens is 7. The van der Waals surface area contributed by atoms with Crippen molar-refractivity contribution < 1.29 is 9.53 Å². The van der Waals surface area contributed by atoms with Crippen LogP contribution in [0.5, 0.6) is 0 Å². The average Bonchev–Trinajstić information content (AvgIpc) is 3.47. The van der Waals surface area contributed by atoms with Gasteiger partial charge < -0.3 is 10.5 Å². The fraction of sp³-hybridized carbons (Fsp3) is 0.263. The van der Waals surface area contributed by atoms with Crippen molar-refractivity contribution in [2.75, 3.05) is 6.61 Å². The van der Waals surface area contributed by atoms with E-state index in [0.29, 0.717) is 35.1 Å². The number of ether oxygens (including phenoxy) is 1. The molecule has 1 aliphatic heterocycles. The first-order valence-electron chi connectivity index (χ1n) is 9.46. The first-order chi connectivity index (χ1) is 15.0. The van der Waals surface area contributed by atoms with Crippen LogP contribution in [-0.4, -0.2) is 47.1 Å². The normalized spacial score (nSPS) is 24.5. The van der Waals surface area contributed by atoms with Crippen LogP contribution < -0.4 is 5.73 Å². The first kappa shape index (κ1) is 18.7. The van der Waals surface area contributed by atoms with Gasteiger partial charge in [0.15, 0.2) is 11.5 Å². The molecule has 12 heteroatoms. The molecule has 0 aromatic carbocycles. The predicted octanol–water partition coefficient (Wildman–Crippen LogP) is 1.99. The molecule has 0 bridgehead atoms. The minimum Gasteiger partial charge on any atom is -0.371 e. The Bertz CT molecular complexity index is 1350. The van der Waals surface area contributed by atoms with E-state index < -0.39 is 23.3 Å². The summed E-state index contributed by atoms with van der Waals surface area (Å²) in [7, 11) is 0. The van der Waals surface area contributed by atoms with Gasteiger partial charge in [-0.3, -0.25) is 4.79 Å². The van der Waals surface area contributed by atoms with Gasteiger partial charge in [0.05, 0.1) is 53.4 Å². The molecule has 0 saturated carbocycles. The molecule has 4 aromatic heterocycles. The van der Waals surface area contributed by atoms with E-state index in [2.05, 4.69) is 25.3 Å². The molecular weight excluding hydrogens is 443 g/mol. The van der Waals surface area contributed by atoms with Crippen molar-refractivity contribution in [3.05, 3.63) is 63.9 Å². The number of primary amides is 1. The molecule has 2 N–H and O–H groups in total. The maximum Gasteiger partial charge on any atom is 0.225 e. The summed E-state index contributed by atoms with van der Waals surface area (Å²) in [6, 6.07) is 3.51. The number of carbonyl (C=O) groups excluding carboxylic acids is 1. The van der Waals surface area contributed by atoms with Crippen molar-refractivity contribution in [2.45, 2.75) is 23.9 Å². The minimum absolute atomic E-state index is 0.218. The largest absolute Gasteiger partial charge is 0.371 e. The molecule has 6 rings (SSSR count). The summed E-state index contributed by atoms with van der Waals surface area (Å²) in [6.45, 7) is 0.379. The fourth-order valence-corrected chi connectivity index (χ4v) is 5.17. The van der Waals surface area contributed by atoms with Crippen molar-refractivity contribution in [1.29, 1.82) is 0 Å². The van der Waals surface area contributed by atoms with Crippen LogP contribution in [0.1, 0.15) is 35.3 Å². The monoisotopic (exact) mass is 456 g/mol. The van der Waals surface area contributed by atoms with E-state index in [1.165, 1.54) is 17.2 Å². The van der Waals surface area contributed by atoms with Gasteiger partial charge in [0.1, 0.15) is 5.15 Å². The van der Waals surface area contributed by atoms with Gasteiger partial charge in [-0.25, -0.2) is 14.5 Å². The molecule has 1 aliphatic carbocycles. The van der Waals surface area contributed by atoms with Gasteiger partial charge in [0.2, 0.25) is 5.91 Å². The van der Waals surface area contributed by atoms with Gasteiger partial charge >= 0.3 is 0 Å². The quantitative estimate of drug-likeness (QED) is 0.467. The molecule has 1 amide bonds. The van der Waals surface area contributed by atoms with Crippen molar-refractivity contribution in [2.24, 2.45) is 5.73 Å². The maximum absolute atomic E-state index is 12.3. The zero-order valence-electron chi connectivity index (χ0n) is 15.8. The Morgan fingerprint density at radius 2 is 2.00 bits per heavy atom. The van der Waals surface area contributed by atoms with E-state index >= 15 is 0 Å². The van der Waals surface area contributed by atoms with Crippen LogP contribution in [0.3, 0.4) is 0 Å². The van der Waals surface area contributed by atoms with Crippen LogP contribution in [0, 0.1) is 0 Å². The van der Waals surface area contributed by atoms with Gasteiger partial charge in [0, 0.05) is 23.4 Å². The Morgan fingerprint density at radius 3 is 2.71 bits per heavy atom. The molecule has 3 unspecified atom stereocenters. The van der Waals surface area contributed by atoms with E-state index in [-0.39, 0.29) is 5.15 Å². The first-order valence-corrected chi connectivity index (χ1v) is 10.2. The van der Waals surface area contributed by atoms with E-state index in [1.54, 1.807) is 29.0 Å². The Labute approximate surface area is 184 Å². The van der Waals surface area contributed by atoms with Crippen molar-refractivity contribution in [1.82, 2.24) is 34.6 Å². The van der Waals surface area contributed by atoms with E-state index in [1.807, 2.05) is 0 Å². The van der Waals surface area contributed by atoms with Gasteiger partial charge in [-0.1, -0.05) is 23.2 Å². The highest BCUT2D eigenvalue weighted by atomic mass is 35.5. The van der Waals surface area contributed by atoms with E-state index in [9.17, 15) is 4.79 Å². The molecule has 1 spiro atoms. The zero-order chi connectivity index (χ0) is 21.3. The third kappa shape index (κ3) is 2.49. The molecule has 1 saturated heterocycles. The molecule has 31 heavy (non-hydrogen) atoms. The van der Waals surface area contributed by atoms with Gasteiger partial charge in [0.25, 0.3) is 0 Å². The Balaban J connectivity index is 1.51. The van der Waals surface area contributed by atoms with E-state index in [0.717, 1.165) is 11.3 Å². The molecule has 4 aromatic rings. The smallest absolute Gasteiger partial charge is 0.225 e. The molecular formula is C19H14Cl2N8O2. The lowest BCUT2D eigenvalue weighted by Gasteiger charge is -2.47. The number of carbonyl (C=O) groups is 1. The number of amides is 1. The van der Waals surface area contributed by atoms with Gasteiger partial charge in [-0.2, -0.15) is 15.3 Å². The van der Waals surface area contributed by atoms with Crippen molar-refractivity contribution in [3.8, 4) is 5.82 Å². The SMILES string of the molecule is NC(=O)C1CC2(COC2c2cc(Cl)c(-n3nccn3)nc2Cl)c2c1cnc1ccnn21. The second-order valence-electron chi connectivity index (χ2n) is 7.66. The molecule has 1 fully saturated rings. The molecule has 0 radical (unpaired) electrons. The predicted molar refractivity (Wildman–Crippen MR) is 109 cm³/mol. The third-order valence-corrected chi connectivity index (χ3v) is 6.62. The lowest BCUT2D eigenvalue weighted by atomic mass is 9.72. The highest BCUT2D eigenvalue weighted by Gasteiger charge is 2.60. The summed E-state index contributed by atoms with van der Waals surface area (Å²) >= 11 is 13.1. The van der Waals surface area contributed by atoms with Crippen LogP contribution >= 0.6 is 23.2 Å². The Hall–Kier alpha value is -3.08. The standard InChI is InChI=1S/C19H14Cl2N8O2/c20-12-5-9(16(21)27-18(12)29-25-3-4-26-29)15-19(8-31-15)6-10(17(22)30)11-7-23-13-1-2-24-28(13)14(11)19/h1-5,7,10,15H,6,8H2,(H2,22,30). The summed E-state index contributed by atoms with van der Waals surface area (Å²) in [6.07, 6.45) is 6.38. The van der Waals surface area contributed by atoms with E-state index in [4.69, 9.17) is 33.7 Å². The van der Waals surface area contributed by atoms with Crippen molar-refractivity contribution in [3.63, 3.8) is 0 Å². The average molecular weight is 457 g/mol. The summed E-state index contributed by atoms with van der Waals surface area (Å²) < 4.78 is 7.75. The zero-order valence-corrected chi connectivity index (χ0v) is 17.3. The van der Waals surface area contributed by atoms with Crippen molar-refractivity contribution >= 4 is 34.8 Å². The molecule has 5 heterocycles. The summed E-state index contributed by atoms with van der Waals surface area (Å²) in [4.78, 5) is 22.4. The van der Waals surface area contributed by atoms with Gasteiger partial charge in [-0.05, 0) is 12.5 Å². The summed E-state index contributed by atoms with van der Waals surface area (Å²) in [5.74, 6) is -0.606. The van der Waals surface area contributed by atoms with Crippen LogP contribution in [0.4, 0.5) is 0 Å². The topological polar surface area (TPSA) is 126 Å². The molecule has 156 valence electrons. The molecule has 10 nitrogen and oxygen atoms in total. The Kier molecular flexibility index (Phi) is 3.89. The van der Waals surface area contributed by atoms with Crippen LogP contribution in [0.2, 0.25) is 10.2 Å². The summed E-state index contributed by atoms with van der Waals surface area (Å²) in [5.41, 5.74) is 8.06. The number of hydrogen-bond acceptors (Lipinski definition) is 7. The lowest BCUT2D eigenvalue weighted by Crippen LogP contribution is -2.49. The minimum atomic E-state index is -0.567. The number of hydrogen-bond donors (Lipinski definition) is 1. The number of nitrogens with two attached hydrogens (primary N) is 1. The van der Waals surface area contributed by atoms with Crippen LogP contribution in [0.25, 0.3) is 11.5 Å². The van der Waals surface area contributed by atoms with Crippen LogP contribution in [-0.2, 0) is 14.9 Å². The molecule has 2 aliphatic rings. The number of rotatable bonds is 3. The Morgan fingerprint density at radius 1 is 1.19 bits per heavy atom. The van der Waals surface area contributed by atoms with Gasteiger partial charge in [-0.15, -0.1) is 4.80 Å². The second kappa shape index (κ2) is 6.46. The lowest BCUT2D eigenvalue weighted by molar-refractivity contribution is -0.148. The number of nitrogens with zero attached hydrogens (tertiary/aromatic N) is 7. The number of halogens is 2. The van der Waals surface area contributed by atoms with Crippen LogP contribution in [0.15, 0.2) is 36.9 Å². The highest BCUT2D eigenvalue weighted by Crippen LogP contribution is 2.59. The maximum atomic E-state index is 12.3. The number of pyridine rings is 1. The molecule has 3 atom stereocenters. The third-order valence-electron chi connectivity index (χ3n) is 6.04.